The summed E-state index contributed by atoms with van der Waals surface area (Å²) in [6.07, 6.45) is 2.90. The second kappa shape index (κ2) is 3.32. The van der Waals surface area contributed by atoms with Crippen molar-refractivity contribution < 1.29 is 14.4 Å². The van der Waals surface area contributed by atoms with E-state index < -0.39 is 5.97 Å². The SMILES string of the molecule is CC1(C)CC1CCc1nc(C(=O)O)no1. The molecule has 0 bridgehead atoms. The van der Waals surface area contributed by atoms with Crippen molar-refractivity contribution in [3.8, 4) is 0 Å². The van der Waals surface area contributed by atoms with Gasteiger partial charge >= 0.3 is 5.97 Å². The first kappa shape index (κ1) is 10.1. The van der Waals surface area contributed by atoms with E-state index in [0.29, 0.717) is 23.6 Å². The largest absolute Gasteiger partial charge is 0.475 e. The maximum atomic E-state index is 10.5. The summed E-state index contributed by atoms with van der Waals surface area (Å²) >= 11 is 0. The Morgan fingerprint density at radius 1 is 1.67 bits per heavy atom. The number of carboxylic acids is 1. The smallest absolute Gasteiger partial charge is 0.377 e. The molecule has 0 aromatic carbocycles. The molecule has 82 valence electrons. The first-order valence-electron chi connectivity index (χ1n) is 5.05. The lowest BCUT2D eigenvalue weighted by atomic mass is 10.1. The predicted molar refractivity (Wildman–Crippen MR) is 51.5 cm³/mol. The van der Waals surface area contributed by atoms with Gasteiger partial charge in [-0.15, -0.1) is 0 Å². The average Bonchev–Trinajstić information content (AvgIpc) is 2.63. The van der Waals surface area contributed by atoms with E-state index in [1.807, 2.05) is 0 Å². The summed E-state index contributed by atoms with van der Waals surface area (Å²) < 4.78 is 4.83. The number of hydrogen-bond acceptors (Lipinski definition) is 4. The fourth-order valence-electron chi connectivity index (χ4n) is 1.81. The number of aromatic carboxylic acids is 1. The number of carboxylic acid groups (broad SMARTS) is 1. The standard InChI is InChI=1S/C10H14N2O3/c1-10(2)5-6(10)3-4-7-11-8(9(13)14)12-15-7/h6H,3-5H2,1-2H3,(H,13,14). The van der Waals surface area contributed by atoms with E-state index in [1.54, 1.807) is 0 Å². The van der Waals surface area contributed by atoms with Crippen LogP contribution in [0.4, 0.5) is 0 Å². The van der Waals surface area contributed by atoms with Gasteiger partial charge in [-0.05, 0) is 29.3 Å². The lowest BCUT2D eigenvalue weighted by molar-refractivity contribution is 0.0680. The summed E-state index contributed by atoms with van der Waals surface area (Å²) in [5, 5.41) is 12.0. The average molecular weight is 210 g/mol. The van der Waals surface area contributed by atoms with Gasteiger partial charge in [0.25, 0.3) is 5.82 Å². The number of carbonyl (C=O) groups is 1. The molecule has 1 unspecified atom stereocenters. The van der Waals surface area contributed by atoms with Crippen molar-refractivity contribution in [1.29, 1.82) is 0 Å². The molecular formula is C10H14N2O3. The Hall–Kier alpha value is -1.39. The van der Waals surface area contributed by atoms with Crippen molar-refractivity contribution in [2.45, 2.75) is 33.1 Å². The van der Waals surface area contributed by atoms with E-state index in [4.69, 9.17) is 9.63 Å². The molecule has 5 heteroatoms. The number of aryl methyl sites for hydroxylation is 1. The molecule has 1 aliphatic rings. The Morgan fingerprint density at radius 3 is 2.80 bits per heavy atom. The van der Waals surface area contributed by atoms with E-state index in [-0.39, 0.29) is 5.82 Å². The molecular weight excluding hydrogens is 196 g/mol. The Bertz CT molecular complexity index is 384. The van der Waals surface area contributed by atoms with Crippen LogP contribution in [0, 0.1) is 11.3 Å². The van der Waals surface area contributed by atoms with Gasteiger partial charge < -0.3 is 9.63 Å². The summed E-state index contributed by atoms with van der Waals surface area (Å²) in [7, 11) is 0. The second-order valence-corrected chi connectivity index (χ2v) is 4.75. The van der Waals surface area contributed by atoms with Crippen LogP contribution in [0.2, 0.25) is 0 Å². The van der Waals surface area contributed by atoms with E-state index in [1.165, 1.54) is 6.42 Å². The molecule has 0 amide bonds. The van der Waals surface area contributed by atoms with Gasteiger partial charge in [-0.25, -0.2) is 4.79 Å². The third-order valence-electron chi connectivity index (χ3n) is 3.08. The Morgan fingerprint density at radius 2 is 2.33 bits per heavy atom. The van der Waals surface area contributed by atoms with Crippen LogP contribution in [0.3, 0.4) is 0 Å². The quantitative estimate of drug-likeness (QED) is 0.819. The molecule has 1 aromatic rings. The van der Waals surface area contributed by atoms with Crippen LogP contribution in [0.5, 0.6) is 0 Å². The van der Waals surface area contributed by atoms with Gasteiger partial charge in [-0.2, -0.15) is 4.98 Å². The molecule has 0 spiro atoms. The summed E-state index contributed by atoms with van der Waals surface area (Å²) in [5.74, 6) is -0.260. The van der Waals surface area contributed by atoms with E-state index in [2.05, 4.69) is 24.0 Å². The molecule has 15 heavy (non-hydrogen) atoms. The molecule has 1 atom stereocenters. The number of rotatable bonds is 4. The third-order valence-corrected chi connectivity index (χ3v) is 3.08. The highest BCUT2D eigenvalue weighted by Crippen LogP contribution is 2.53. The molecule has 0 saturated heterocycles. The van der Waals surface area contributed by atoms with Crippen LogP contribution in [0.1, 0.15) is 43.2 Å². The van der Waals surface area contributed by atoms with Gasteiger partial charge in [0.2, 0.25) is 5.89 Å². The first-order chi connectivity index (χ1) is 6.99. The van der Waals surface area contributed by atoms with Gasteiger partial charge in [-0.3, -0.25) is 0 Å². The molecule has 1 saturated carbocycles. The van der Waals surface area contributed by atoms with Crippen LogP contribution in [0.25, 0.3) is 0 Å². The Balaban J connectivity index is 1.86. The highest BCUT2D eigenvalue weighted by Gasteiger charge is 2.44. The zero-order valence-corrected chi connectivity index (χ0v) is 8.86. The molecule has 0 aliphatic heterocycles. The third kappa shape index (κ3) is 2.16. The Labute approximate surface area is 87.5 Å². The zero-order valence-electron chi connectivity index (χ0n) is 8.86. The van der Waals surface area contributed by atoms with Crippen molar-refractivity contribution in [2.24, 2.45) is 11.3 Å². The lowest BCUT2D eigenvalue weighted by Gasteiger charge is -1.99. The van der Waals surface area contributed by atoms with Crippen LogP contribution >= 0.6 is 0 Å². The molecule has 1 N–H and O–H groups in total. The molecule has 0 radical (unpaired) electrons. The monoisotopic (exact) mass is 210 g/mol. The van der Waals surface area contributed by atoms with E-state index in [9.17, 15) is 4.79 Å². The Kier molecular flexibility index (Phi) is 2.25. The van der Waals surface area contributed by atoms with Crippen molar-refractivity contribution in [1.82, 2.24) is 10.1 Å². The van der Waals surface area contributed by atoms with Gasteiger partial charge in [0, 0.05) is 6.42 Å². The number of nitrogens with zero attached hydrogens (tertiary/aromatic N) is 2. The topological polar surface area (TPSA) is 76.2 Å². The highest BCUT2D eigenvalue weighted by atomic mass is 16.5. The van der Waals surface area contributed by atoms with Gasteiger partial charge in [0.1, 0.15) is 0 Å². The lowest BCUT2D eigenvalue weighted by Crippen LogP contribution is -1.99. The fourth-order valence-corrected chi connectivity index (χ4v) is 1.81. The maximum absolute atomic E-state index is 10.5. The molecule has 1 aliphatic carbocycles. The number of hydrogen-bond donors (Lipinski definition) is 1. The van der Waals surface area contributed by atoms with Crippen molar-refractivity contribution in [2.75, 3.05) is 0 Å². The summed E-state index contributed by atoms with van der Waals surface area (Å²) in [6, 6.07) is 0. The normalized spacial score (nSPS) is 22.7. The summed E-state index contributed by atoms with van der Waals surface area (Å²) in [6.45, 7) is 4.46. The minimum Gasteiger partial charge on any atom is -0.475 e. The first-order valence-corrected chi connectivity index (χ1v) is 5.05. The van der Waals surface area contributed by atoms with Crippen LogP contribution < -0.4 is 0 Å². The fraction of sp³-hybridized carbons (Fsp3) is 0.700. The van der Waals surface area contributed by atoms with E-state index >= 15 is 0 Å². The predicted octanol–water partition coefficient (Wildman–Crippen LogP) is 1.75. The minimum atomic E-state index is -1.14. The van der Waals surface area contributed by atoms with Crippen molar-refractivity contribution in [3.05, 3.63) is 11.7 Å². The molecule has 1 fully saturated rings. The van der Waals surface area contributed by atoms with Crippen LogP contribution in [0.15, 0.2) is 4.52 Å². The van der Waals surface area contributed by atoms with Crippen molar-refractivity contribution in [3.63, 3.8) is 0 Å². The summed E-state index contributed by atoms with van der Waals surface area (Å²) in [4.78, 5) is 14.3. The maximum Gasteiger partial charge on any atom is 0.377 e. The molecule has 5 nitrogen and oxygen atoms in total. The van der Waals surface area contributed by atoms with Gasteiger partial charge in [0.05, 0.1) is 0 Å². The molecule has 1 aromatic heterocycles. The molecule has 2 rings (SSSR count). The molecule has 1 heterocycles. The number of aromatic nitrogens is 2. The highest BCUT2D eigenvalue weighted by molar-refractivity contribution is 5.82. The van der Waals surface area contributed by atoms with E-state index in [0.717, 1.165) is 6.42 Å². The van der Waals surface area contributed by atoms with Crippen LogP contribution in [-0.2, 0) is 6.42 Å². The zero-order chi connectivity index (χ0) is 11.1. The van der Waals surface area contributed by atoms with Gasteiger partial charge in [-0.1, -0.05) is 13.8 Å². The second-order valence-electron chi connectivity index (χ2n) is 4.75. The van der Waals surface area contributed by atoms with Gasteiger partial charge in [0.15, 0.2) is 0 Å². The van der Waals surface area contributed by atoms with Crippen LogP contribution in [-0.4, -0.2) is 21.2 Å². The minimum absolute atomic E-state index is 0.250. The summed E-state index contributed by atoms with van der Waals surface area (Å²) in [5.41, 5.74) is 0.440. The van der Waals surface area contributed by atoms with Crippen molar-refractivity contribution >= 4 is 5.97 Å².